The molecule has 0 saturated heterocycles. The predicted molar refractivity (Wildman–Crippen MR) is 164 cm³/mol. The molecule has 36 heavy (non-hydrogen) atoms. The summed E-state index contributed by atoms with van der Waals surface area (Å²) < 4.78 is 0. The van der Waals surface area contributed by atoms with Gasteiger partial charge in [-0.3, -0.25) is 4.79 Å². The molecule has 0 amide bonds. The van der Waals surface area contributed by atoms with E-state index in [0.717, 1.165) is 31.6 Å². The third-order valence-electron chi connectivity index (χ3n) is 8.26. The van der Waals surface area contributed by atoms with Crippen molar-refractivity contribution in [1.29, 1.82) is 0 Å². The van der Waals surface area contributed by atoms with Crippen molar-refractivity contribution in [2.45, 2.75) is 213 Å². The maximum Gasteiger partial charge on any atom is 0.132 e. The fraction of sp³-hybridized carbons (Fsp3) is 0.971. The molecule has 0 aliphatic carbocycles. The van der Waals surface area contributed by atoms with Crippen molar-refractivity contribution in [2.75, 3.05) is 0 Å². The third-order valence-corrected chi connectivity index (χ3v) is 8.26. The quantitative estimate of drug-likeness (QED) is 0.0854. The second kappa shape index (κ2) is 30.9. The minimum absolute atomic E-state index is 0.525. The molecule has 0 spiro atoms. The Balaban J connectivity index is 3.18. The van der Waals surface area contributed by atoms with Gasteiger partial charge < -0.3 is 0 Å². The molecular weight excluding hydrogens is 436 g/mol. The summed E-state index contributed by atoms with van der Waals surface area (Å²) in [5.74, 6) is 1.47. The summed E-state index contributed by atoms with van der Waals surface area (Å²) in [6.45, 7) is 7.03. The summed E-state index contributed by atoms with van der Waals surface area (Å²) in [4.78, 5) is 12.1. The lowest BCUT2D eigenvalue weighted by atomic mass is 9.97. The van der Waals surface area contributed by atoms with Crippen LogP contribution in [-0.2, 0) is 4.79 Å². The molecule has 216 valence electrons. The van der Waals surface area contributed by atoms with Crippen molar-refractivity contribution in [3.8, 4) is 0 Å². The molecule has 0 bridgehead atoms. The first-order valence-electron chi connectivity index (χ1n) is 17.2. The smallest absolute Gasteiger partial charge is 0.132 e. The first kappa shape index (κ1) is 35.7. The average molecular weight is 507 g/mol. The lowest BCUT2D eigenvalue weighted by molar-refractivity contribution is -0.119. The highest BCUT2D eigenvalue weighted by atomic mass is 16.1. The highest BCUT2D eigenvalue weighted by molar-refractivity contribution is 5.78. The Labute approximate surface area is 229 Å². The molecule has 1 unspecified atom stereocenters. The van der Waals surface area contributed by atoms with Crippen LogP contribution in [0.3, 0.4) is 0 Å². The average Bonchev–Trinajstić information content (AvgIpc) is 2.88. The predicted octanol–water partition coefficient (Wildman–Crippen LogP) is 12.9. The molecule has 0 saturated carbocycles. The van der Waals surface area contributed by atoms with Crippen LogP contribution in [0, 0.1) is 5.92 Å². The van der Waals surface area contributed by atoms with Crippen LogP contribution in [0.4, 0.5) is 0 Å². The minimum atomic E-state index is 0.525. The molecule has 1 heteroatoms. The molecule has 0 fully saturated rings. The SMILES string of the molecule is CCCCCCCCCCCCCCC(=O)CCCCCCCCCCCCCCC(C)CCCC. The minimum Gasteiger partial charge on any atom is -0.300 e. The topological polar surface area (TPSA) is 17.1 Å². The molecule has 0 radical (unpaired) electrons. The van der Waals surface area contributed by atoms with Gasteiger partial charge in [0.25, 0.3) is 0 Å². The van der Waals surface area contributed by atoms with Crippen LogP contribution in [-0.4, -0.2) is 5.78 Å². The van der Waals surface area contributed by atoms with E-state index >= 15 is 0 Å². The third kappa shape index (κ3) is 29.9. The number of ketones is 1. The van der Waals surface area contributed by atoms with E-state index in [0.29, 0.717) is 5.78 Å². The van der Waals surface area contributed by atoms with Gasteiger partial charge in [-0.1, -0.05) is 188 Å². The lowest BCUT2D eigenvalue weighted by Gasteiger charge is -2.10. The van der Waals surface area contributed by atoms with Crippen LogP contribution in [0.1, 0.15) is 213 Å². The van der Waals surface area contributed by atoms with E-state index in [2.05, 4.69) is 20.8 Å². The summed E-state index contributed by atoms with van der Waals surface area (Å²) >= 11 is 0. The number of hydrogen-bond acceptors (Lipinski definition) is 1. The van der Waals surface area contributed by atoms with E-state index in [1.165, 1.54) is 167 Å². The van der Waals surface area contributed by atoms with Crippen LogP contribution in [0.15, 0.2) is 0 Å². The number of carbonyl (C=O) groups is 1. The summed E-state index contributed by atoms with van der Waals surface area (Å²) in [7, 11) is 0. The van der Waals surface area contributed by atoms with E-state index in [-0.39, 0.29) is 0 Å². The fourth-order valence-electron chi connectivity index (χ4n) is 5.57. The highest BCUT2D eigenvalue weighted by Gasteiger charge is 2.03. The molecule has 0 aliphatic rings. The Bertz CT molecular complexity index is 415. The summed E-state index contributed by atoms with van der Waals surface area (Å²) in [5.41, 5.74) is 0. The number of carbonyl (C=O) groups excluding carboxylic acids is 1. The van der Waals surface area contributed by atoms with Gasteiger partial charge in [-0.05, 0) is 18.8 Å². The van der Waals surface area contributed by atoms with Gasteiger partial charge in [-0.25, -0.2) is 0 Å². The number of Topliss-reactive ketones (excluding diaryl/α,β-unsaturated/α-hetero) is 1. The van der Waals surface area contributed by atoms with Crippen LogP contribution < -0.4 is 0 Å². The van der Waals surface area contributed by atoms with Gasteiger partial charge in [-0.15, -0.1) is 0 Å². The zero-order valence-electron chi connectivity index (χ0n) is 25.7. The molecule has 0 aromatic heterocycles. The standard InChI is InChI=1S/C35H70O/c1-4-6-8-9-10-11-12-16-19-22-25-28-32-35(36)33-29-26-23-20-17-14-13-15-18-21-24-27-31-34(3)30-7-5-2/h34H,4-33H2,1-3H3. The Morgan fingerprint density at radius 2 is 0.667 bits per heavy atom. The van der Waals surface area contributed by atoms with Gasteiger partial charge in [0.15, 0.2) is 0 Å². The largest absolute Gasteiger partial charge is 0.300 e. The fourth-order valence-corrected chi connectivity index (χ4v) is 5.57. The maximum absolute atomic E-state index is 12.1. The Morgan fingerprint density at radius 3 is 1.03 bits per heavy atom. The Kier molecular flexibility index (Phi) is 30.6. The Morgan fingerprint density at radius 1 is 0.389 bits per heavy atom. The molecule has 0 rings (SSSR count). The zero-order valence-corrected chi connectivity index (χ0v) is 25.7. The van der Waals surface area contributed by atoms with Crippen molar-refractivity contribution in [2.24, 2.45) is 5.92 Å². The normalized spacial score (nSPS) is 12.3. The van der Waals surface area contributed by atoms with Crippen molar-refractivity contribution < 1.29 is 4.79 Å². The second-order valence-electron chi connectivity index (χ2n) is 12.2. The van der Waals surface area contributed by atoms with Gasteiger partial charge in [0.2, 0.25) is 0 Å². The summed E-state index contributed by atoms with van der Waals surface area (Å²) in [6, 6.07) is 0. The second-order valence-corrected chi connectivity index (χ2v) is 12.2. The Hall–Kier alpha value is -0.330. The van der Waals surface area contributed by atoms with Crippen LogP contribution in [0.2, 0.25) is 0 Å². The molecule has 1 atom stereocenters. The van der Waals surface area contributed by atoms with Crippen molar-refractivity contribution in [3.63, 3.8) is 0 Å². The summed E-state index contributed by atoms with van der Waals surface area (Å²) in [5, 5.41) is 0. The maximum atomic E-state index is 12.1. The molecule has 0 aliphatic heterocycles. The number of hydrogen-bond donors (Lipinski definition) is 0. The van der Waals surface area contributed by atoms with E-state index in [1.807, 2.05) is 0 Å². The van der Waals surface area contributed by atoms with Gasteiger partial charge in [0.05, 0.1) is 0 Å². The van der Waals surface area contributed by atoms with E-state index in [4.69, 9.17) is 0 Å². The van der Waals surface area contributed by atoms with Crippen LogP contribution >= 0.6 is 0 Å². The molecule has 0 heterocycles. The summed E-state index contributed by atoms with van der Waals surface area (Å²) in [6.07, 6.45) is 40.4. The number of rotatable bonds is 31. The van der Waals surface area contributed by atoms with Crippen molar-refractivity contribution >= 4 is 5.78 Å². The van der Waals surface area contributed by atoms with Crippen LogP contribution in [0.25, 0.3) is 0 Å². The van der Waals surface area contributed by atoms with E-state index < -0.39 is 0 Å². The van der Waals surface area contributed by atoms with Gasteiger partial charge in [-0.2, -0.15) is 0 Å². The van der Waals surface area contributed by atoms with E-state index in [1.54, 1.807) is 0 Å². The highest BCUT2D eigenvalue weighted by Crippen LogP contribution is 2.18. The van der Waals surface area contributed by atoms with Gasteiger partial charge >= 0.3 is 0 Å². The number of unbranched alkanes of at least 4 members (excludes halogenated alkanes) is 23. The molecule has 0 aromatic rings. The van der Waals surface area contributed by atoms with Gasteiger partial charge in [0, 0.05) is 12.8 Å². The first-order chi connectivity index (χ1) is 17.7. The van der Waals surface area contributed by atoms with Crippen molar-refractivity contribution in [1.82, 2.24) is 0 Å². The van der Waals surface area contributed by atoms with E-state index in [9.17, 15) is 4.79 Å². The lowest BCUT2D eigenvalue weighted by Crippen LogP contribution is -1.97. The van der Waals surface area contributed by atoms with Crippen molar-refractivity contribution in [3.05, 3.63) is 0 Å². The zero-order chi connectivity index (χ0) is 26.4. The molecule has 0 N–H and O–H groups in total. The first-order valence-corrected chi connectivity index (χ1v) is 17.2. The molecular formula is C35H70O. The molecule has 1 nitrogen and oxygen atoms in total. The van der Waals surface area contributed by atoms with Gasteiger partial charge in [0.1, 0.15) is 5.78 Å². The molecule has 0 aromatic carbocycles. The monoisotopic (exact) mass is 507 g/mol. The van der Waals surface area contributed by atoms with Crippen LogP contribution in [0.5, 0.6) is 0 Å².